The lowest BCUT2D eigenvalue weighted by atomic mass is 10.1. The summed E-state index contributed by atoms with van der Waals surface area (Å²) in [5.41, 5.74) is 3.65. The highest BCUT2D eigenvalue weighted by Gasteiger charge is 2.33. The zero-order valence-corrected chi connectivity index (χ0v) is 16.3. The Bertz CT molecular complexity index is 756. The van der Waals surface area contributed by atoms with Crippen LogP contribution in [0.3, 0.4) is 0 Å². The lowest BCUT2D eigenvalue weighted by Gasteiger charge is -2.17. The van der Waals surface area contributed by atoms with Crippen molar-refractivity contribution in [2.75, 3.05) is 27.2 Å². The van der Waals surface area contributed by atoms with Gasteiger partial charge in [0.15, 0.2) is 0 Å². The van der Waals surface area contributed by atoms with E-state index in [-0.39, 0.29) is 18.3 Å². The van der Waals surface area contributed by atoms with Crippen molar-refractivity contribution >= 4 is 29.9 Å². The molecule has 0 unspecified atom stereocenters. The van der Waals surface area contributed by atoms with Crippen molar-refractivity contribution in [3.63, 3.8) is 0 Å². The molecular weight excluding hydrogens is 359 g/mol. The maximum absolute atomic E-state index is 12.8. The molecule has 1 aromatic carbocycles. The molecule has 1 N–H and O–H groups in total. The Morgan fingerprint density at radius 1 is 1.44 bits per heavy atom. The molecular formula is C18H24Cl2N4O. The minimum absolute atomic E-state index is 0. The van der Waals surface area contributed by atoms with E-state index >= 15 is 0 Å². The first-order valence-electron chi connectivity index (χ1n) is 8.27. The Morgan fingerprint density at radius 3 is 2.76 bits per heavy atom. The third kappa shape index (κ3) is 4.17. The fourth-order valence-electron chi connectivity index (χ4n) is 2.78. The van der Waals surface area contributed by atoms with Crippen molar-refractivity contribution in [2.45, 2.75) is 25.7 Å². The maximum Gasteiger partial charge on any atom is 0.257 e. The van der Waals surface area contributed by atoms with Gasteiger partial charge in [0.05, 0.1) is 23.1 Å². The Kier molecular flexibility index (Phi) is 6.49. The molecule has 1 aliphatic rings. The summed E-state index contributed by atoms with van der Waals surface area (Å²) in [7, 11) is 3.71. The van der Waals surface area contributed by atoms with Crippen LogP contribution in [0.4, 0.5) is 0 Å². The number of aryl methyl sites for hydroxylation is 1. The van der Waals surface area contributed by atoms with E-state index in [1.807, 2.05) is 43.9 Å². The van der Waals surface area contributed by atoms with Crippen molar-refractivity contribution in [2.24, 2.45) is 0 Å². The van der Waals surface area contributed by atoms with E-state index in [2.05, 4.69) is 10.4 Å². The van der Waals surface area contributed by atoms with Gasteiger partial charge in [-0.2, -0.15) is 5.10 Å². The summed E-state index contributed by atoms with van der Waals surface area (Å²) >= 11 is 6.27. The molecule has 1 aromatic heterocycles. The number of carbonyl (C=O) groups is 1. The van der Waals surface area contributed by atoms with Crippen molar-refractivity contribution < 1.29 is 4.79 Å². The largest absolute Gasteiger partial charge is 0.340 e. The van der Waals surface area contributed by atoms with Crippen LogP contribution < -0.4 is 5.32 Å². The average molecular weight is 383 g/mol. The summed E-state index contributed by atoms with van der Waals surface area (Å²) in [6.45, 7) is 3.41. The number of carbonyl (C=O) groups excluding carboxylic acids is 1. The predicted molar refractivity (Wildman–Crippen MR) is 103 cm³/mol. The number of amides is 1. The van der Waals surface area contributed by atoms with E-state index in [9.17, 15) is 4.79 Å². The van der Waals surface area contributed by atoms with Crippen molar-refractivity contribution in [3.8, 4) is 5.69 Å². The number of hydrogen-bond acceptors (Lipinski definition) is 3. The second-order valence-corrected chi connectivity index (χ2v) is 6.80. The Labute approximate surface area is 159 Å². The van der Waals surface area contributed by atoms with Crippen LogP contribution in [0.1, 0.15) is 40.4 Å². The molecule has 0 atom stereocenters. The van der Waals surface area contributed by atoms with Crippen LogP contribution >= 0.6 is 24.0 Å². The van der Waals surface area contributed by atoms with Gasteiger partial charge in [-0.1, -0.05) is 17.7 Å². The molecule has 1 saturated carbocycles. The molecule has 0 bridgehead atoms. The zero-order valence-electron chi connectivity index (χ0n) is 14.8. The van der Waals surface area contributed by atoms with Gasteiger partial charge in [0, 0.05) is 31.1 Å². The fraction of sp³-hybridized carbons (Fsp3) is 0.444. The van der Waals surface area contributed by atoms with Crippen LogP contribution in [0.5, 0.6) is 0 Å². The van der Waals surface area contributed by atoms with Gasteiger partial charge < -0.3 is 10.2 Å². The quantitative estimate of drug-likeness (QED) is 0.832. The molecule has 0 saturated heterocycles. The van der Waals surface area contributed by atoms with Crippen molar-refractivity contribution in [1.82, 2.24) is 20.0 Å². The summed E-state index contributed by atoms with van der Waals surface area (Å²) in [5, 5.41) is 8.28. The standard InChI is InChI=1S/C18H23ClN4O.ClH/c1-12-4-7-14(10-16(12)19)23-17(13-5-6-13)15(11-21-23)18(24)22(3)9-8-20-2;/h4,7,10-11,13,20H,5-6,8-9H2,1-3H3;1H. The summed E-state index contributed by atoms with van der Waals surface area (Å²) in [6.07, 6.45) is 3.90. The molecule has 1 heterocycles. The molecule has 5 nitrogen and oxygen atoms in total. The third-order valence-corrected chi connectivity index (χ3v) is 4.85. The molecule has 0 aliphatic heterocycles. The van der Waals surface area contributed by atoms with Crippen LogP contribution in [-0.4, -0.2) is 47.8 Å². The number of halogens is 2. The zero-order chi connectivity index (χ0) is 17.3. The molecule has 1 aliphatic carbocycles. The van der Waals surface area contributed by atoms with Gasteiger partial charge in [-0.25, -0.2) is 4.68 Å². The lowest BCUT2D eigenvalue weighted by Crippen LogP contribution is -2.33. The normalized spacial score (nSPS) is 13.4. The van der Waals surface area contributed by atoms with E-state index < -0.39 is 0 Å². The first-order valence-corrected chi connectivity index (χ1v) is 8.65. The third-order valence-electron chi connectivity index (χ3n) is 4.44. The van der Waals surface area contributed by atoms with Gasteiger partial charge in [0.25, 0.3) is 5.91 Å². The monoisotopic (exact) mass is 382 g/mol. The molecule has 2 aromatic rings. The highest BCUT2D eigenvalue weighted by molar-refractivity contribution is 6.31. The van der Waals surface area contributed by atoms with Gasteiger partial charge in [-0.3, -0.25) is 4.79 Å². The number of nitrogens with zero attached hydrogens (tertiary/aromatic N) is 3. The second-order valence-electron chi connectivity index (χ2n) is 6.39. The number of benzene rings is 1. The van der Waals surface area contributed by atoms with E-state index in [0.717, 1.165) is 36.3 Å². The molecule has 7 heteroatoms. The van der Waals surface area contributed by atoms with Gasteiger partial charge in [-0.15, -0.1) is 12.4 Å². The molecule has 0 spiro atoms. The second kappa shape index (κ2) is 8.21. The minimum Gasteiger partial charge on any atom is -0.340 e. The number of aromatic nitrogens is 2. The van der Waals surface area contributed by atoms with Crippen LogP contribution in [-0.2, 0) is 0 Å². The predicted octanol–water partition coefficient (Wildman–Crippen LogP) is 3.42. The average Bonchev–Trinajstić information content (AvgIpc) is 3.32. The number of likely N-dealkylation sites (N-methyl/N-ethyl adjacent to an activating group) is 2. The van der Waals surface area contributed by atoms with Gasteiger partial charge in [-0.05, 0) is 44.5 Å². The highest BCUT2D eigenvalue weighted by atomic mass is 35.5. The van der Waals surface area contributed by atoms with Crippen LogP contribution in [0.2, 0.25) is 5.02 Å². The molecule has 0 radical (unpaired) electrons. The molecule has 136 valence electrons. The lowest BCUT2D eigenvalue weighted by molar-refractivity contribution is 0.0795. The fourth-order valence-corrected chi connectivity index (χ4v) is 2.95. The van der Waals surface area contributed by atoms with E-state index in [1.54, 1.807) is 11.1 Å². The topological polar surface area (TPSA) is 50.2 Å². The van der Waals surface area contributed by atoms with Crippen LogP contribution in [0.15, 0.2) is 24.4 Å². The van der Waals surface area contributed by atoms with Gasteiger partial charge >= 0.3 is 0 Å². The smallest absolute Gasteiger partial charge is 0.257 e. The molecule has 1 amide bonds. The number of nitrogens with one attached hydrogen (secondary N) is 1. The van der Waals surface area contributed by atoms with Crippen LogP contribution in [0.25, 0.3) is 5.69 Å². The van der Waals surface area contributed by atoms with Crippen molar-refractivity contribution in [1.29, 1.82) is 0 Å². The Morgan fingerprint density at radius 2 is 2.16 bits per heavy atom. The first-order chi connectivity index (χ1) is 11.5. The Hall–Kier alpha value is -1.56. The van der Waals surface area contributed by atoms with Gasteiger partial charge in [0.1, 0.15) is 0 Å². The van der Waals surface area contributed by atoms with E-state index in [0.29, 0.717) is 23.0 Å². The summed E-state index contributed by atoms with van der Waals surface area (Å²) in [4.78, 5) is 14.5. The summed E-state index contributed by atoms with van der Waals surface area (Å²) < 4.78 is 1.88. The van der Waals surface area contributed by atoms with Crippen LogP contribution in [0, 0.1) is 6.92 Å². The minimum atomic E-state index is 0. The number of rotatable bonds is 6. The van der Waals surface area contributed by atoms with Crippen molar-refractivity contribution in [3.05, 3.63) is 46.2 Å². The number of hydrogen-bond donors (Lipinski definition) is 1. The molecule has 3 rings (SSSR count). The van der Waals surface area contributed by atoms with Gasteiger partial charge in [0.2, 0.25) is 0 Å². The highest BCUT2D eigenvalue weighted by Crippen LogP contribution is 2.42. The first kappa shape index (κ1) is 19.8. The molecule has 25 heavy (non-hydrogen) atoms. The Balaban J connectivity index is 0.00000225. The molecule has 1 fully saturated rings. The van der Waals surface area contributed by atoms with E-state index in [4.69, 9.17) is 11.6 Å². The summed E-state index contributed by atoms with van der Waals surface area (Å²) in [6, 6.07) is 5.89. The SMILES string of the molecule is CNCCN(C)C(=O)c1cnn(-c2ccc(C)c(Cl)c2)c1C1CC1.Cl. The summed E-state index contributed by atoms with van der Waals surface area (Å²) in [5.74, 6) is 0.431. The maximum atomic E-state index is 12.8. The van der Waals surface area contributed by atoms with E-state index in [1.165, 1.54) is 0 Å².